The van der Waals surface area contributed by atoms with Crippen molar-refractivity contribution in [1.29, 1.82) is 0 Å². The lowest BCUT2D eigenvalue weighted by atomic mass is 10.5. The fourth-order valence-electron chi connectivity index (χ4n) is 1.18. The van der Waals surface area contributed by atoms with Crippen molar-refractivity contribution in [3.63, 3.8) is 0 Å². The number of hydrogen-bond donors (Lipinski definition) is 2. The smallest absolute Gasteiger partial charge is 0.151 e. The largest absolute Gasteiger partial charge is 0.372 e. The van der Waals surface area contributed by atoms with Crippen LogP contribution in [0.25, 0.3) is 0 Å². The summed E-state index contributed by atoms with van der Waals surface area (Å²) in [5, 5.41) is 10.1. The van der Waals surface area contributed by atoms with Gasteiger partial charge in [-0.1, -0.05) is 0 Å². The number of aryl methyl sites for hydroxylation is 1. The van der Waals surface area contributed by atoms with Gasteiger partial charge in [0.2, 0.25) is 0 Å². The third-order valence-corrected chi connectivity index (χ3v) is 1.87. The number of hydrogen-bond acceptors (Lipinski definition) is 5. The predicted octanol–water partition coefficient (Wildman–Crippen LogP) is 0.995. The highest BCUT2D eigenvalue weighted by Crippen LogP contribution is 2.13. The second kappa shape index (κ2) is 3.95. The SMILES string of the molecule is CNc1cncc(Nc2cnn(C)c2)n1. The van der Waals surface area contributed by atoms with Crippen molar-refractivity contribution in [2.75, 3.05) is 17.7 Å². The molecular formula is C9H12N6. The molecule has 2 N–H and O–H groups in total. The zero-order chi connectivity index (χ0) is 10.7. The van der Waals surface area contributed by atoms with Crippen molar-refractivity contribution in [2.24, 2.45) is 7.05 Å². The van der Waals surface area contributed by atoms with Crippen molar-refractivity contribution in [3.8, 4) is 0 Å². The van der Waals surface area contributed by atoms with E-state index in [-0.39, 0.29) is 0 Å². The molecule has 0 fully saturated rings. The van der Waals surface area contributed by atoms with Gasteiger partial charge in [0.1, 0.15) is 5.82 Å². The van der Waals surface area contributed by atoms with E-state index in [9.17, 15) is 0 Å². The molecule has 2 aromatic rings. The lowest BCUT2D eigenvalue weighted by Gasteiger charge is -2.03. The normalized spacial score (nSPS) is 10.0. The van der Waals surface area contributed by atoms with Crippen LogP contribution in [0, 0.1) is 0 Å². The van der Waals surface area contributed by atoms with Crippen LogP contribution >= 0.6 is 0 Å². The summed E-state index contributed by atoms with van der Waals surface area (Å²) >= 11 is 0. The molecule has 0 unspecified atom stereocenters. The third kappa shape index (κ3) is 2.22. The Bertz CT molecular complexity index is 449. The van der Waals surface area contributed by atoms with E-state index >= 15 is 0 Å². The van der Waals surface area contributed by atoms with E-state index in [4.69, 9.17) is 0 Å². The van der Waals surface area contributed by atoms with Gasteiger partial charge in [-0.2, -0.15) is 5.10 Å². The maximum absolute atomic E-state index is 4.27. The third-order valence-electron chi connectivity index (χ3n) is 1.87. The second-order valence-electron chi connectivity index (χ2n) is 3.07. The Morgan fingerprint density at radius 3 is 2.67 bits per heavy atom. The standard InChI is InChI=1S/C9H12N6/c1-10-8-4-11-5-9(14-8)13-7-3-12-15(2)6-7/h3-6H,1-2H3,(H2,10,13,14). The molecule has 0 saturated heterocycles. The van der Waals surface area contributed by atoms with Crippen LogP contribution in [0.5, 0.6) is 0 Å². The molecule has 78 valence electrons. The Kier molecular flexibility index (Phi) is 2.49. The van der Waals surface area contributed by atoms with E-state index in [2.05, 4.69) is 25.7 Å². The molecule has 0 amide bonds. The van der Waals surface area contributed by atoms with Gasteiger partial charge in [-0.05, 0) is 0 Å². The summed E-state index contributed by atoms with van der Waals surface area (Å²) in [6.07, 6.45) is 6.92. The molecule has 0 aliphatic rings. The van der Waals surface area contributed by atoms with Gasteiger partial charge in [-0.3, -0.25) is 9.67 Å². The van der Waals surface area contributed by atoms with Crippen molar-refractivity contribution in [1.82, 2.24) is 19.7 Å². The van der Waals surface area contributed by atoms with Gasteiger partial charge in [-0.25, -0.2) is 4.98 Å². The molecule has 0 spiro atoms. The average Bonchev–Trinajstić information content (AvgIpc) is 2.64. The summed E-state index contributed by atoms with van der Waals surface area (Å²) in [6, 6.07) is 0. The molecule has 0 atom stereocenters. The van der Waals surface area contributed by atoms with Crippen molar-refractivity contribution in [2.45, 2.75) is 0 Å². The zero-order valence-corrected chi connectivity index (χ0v) is 8.60. The van der Waals surface area contributed by atoms with E-state index in [1.807, 2.05) is 13.2 Å². The molecule has 2 rings (SSSR count). The molecule has 15 heavy (non-hydrogen) atoms. The van der Waals surface area contributed by atoms with Gasteiger partial charge in [0.25, 0.3) is 0 Å². The molecule has 0 saturated carbocycles. The first-order chi connectivity index (χ1) is 7.28. The van der Waals surface area contributed by atoms with Crippen LogP contribution in [0.1, 0.15) is 0 Å². The van der Waals surface area contributed by atoms with Crippen LogP contribution in [0.2, 0.25) is 0 Å². The van der Waals surface area contributed by atoms with Gasteiger partial charge in [0.15, 0.2) is 5.82 Å². The Morgan fingerprint density at radius 2 is 2.00 bits per heavy atom. The summed E-state index contributed by atoms with van der Waals surface area (Å²) in [5.74, 6) is 1.42. The maximum Gasteiger partial charge on any atom is 0.151 e. The topological polar surface area (TPSA) is 67.7 Å². The molecule has 0 bridgehead atoms. The molecule has 0 radical (unpaired) electrons. The van der Waals surface area contributed by atoms with Crippen LogP contribution in [-0.4, -0.2) is 26.8 Å². The van der Waals surface area contributed by atoms with Crippen LogP contribution in [-0.2, 0) is 7.05 Å². The van der Waals surface area contributed by atoms with Crippen molar-refractivity contribution < 1.29 is 0 Å². The van der Waals surface area contributed by atoms with Gasteiger partial charge in [-0.15, -0.1) is 0 Å². The highest BCUT2D eigenvalue weighted by Gasteiger charge is 1.99. The van der Waals surface area contributed by atoms with E-state index in [1.165, 1.54) is 0 Å². The van der Waals surface area contributed by atoms with Gasteiger partial charge >= 0.3 is 0 Å². The highest BCUT2D eigenvalue weighted by molar-refractivity contribution is 5.54. The number of nitrogens with zero attached hydrogens (tertiary/aromatic N) is 4. The second-order valence-corrected chi connectivity index (χ2v) is 3.07. The Hall–Kier alpha value is -2.11. The van der Waals surface area contributed by atoms with E-state index in [1.54, 1.807) is 30.3 Å². The predicted molar refractivity (Wildman–Crippen MR) is 58.1 cm³/mol. The Morgan fingerprint density at radius 1 is 1.20 bits per heavy atom. The summed E-state index contributed by atoms with van der Waals surface area (Å²) in [7, 11) is 3.67. The van der Waals surface area contributed by atoms with E-state index < -0.39 is 0 Å². The molecular weight excluding hydrogens is 192 g/mol. The van der Waals surface area contributed by atoms with Gasteiger partial charge < -0.3 is 10.6 Å². The molecule has 0 aromatic carbocycles. The summed E-state index contributed by atoms with van der Waals surface area (Å²) in [5.41, 5.74) is 0.889. The minimum absolute atomic E-state index is 0.690. The van der Waals surface area contributed by atoms with E-state index in [0.29, 0.717) is 5.82 Å². The number of rotatable bonds is 3. The van der Waals surface area contributed by atoms with Gasteiger partial charge in [0.05, 0.1) is 24.3 Å². The molecule has 2 heterocycles. The molecule has 6 nitrogen and oxygen atoms in total. The quantitative estimate of drug-likeness (QED) is 0.780. The first-order valence-electron chi connectivity index (χ1n) is 4.53. The lowest BCUT2D eigenvalue weighted by molar-refractivity contribution is 0.768. The van der Waals surface area contributed by atoms with Crippen LogP contribution in [0.4, 0.5) is 17.3 Å². The molecule has 0 aliphatic carbocycles. The molecule has 6 heteroatoms. The zero-order valence-electron chi connectivity index (χ0n) is 8.60. The van der Waals surface area contributed by atoms with Crippen LogP contribution in [0.3, 0.4) is 0 Å². The highest BCUT2D eigenvalue weighted by atomic mass is 15.3. The Labute approximate surface area is 87.4 Å². The minimum Gasteiger partial charge on any atom is -0.372 e. The Balaban J connectivity index is 2.16. The number of anilines is 3. The lowest BCUT2D eigenvalue weighted by Crippen LogP contribution is -1.98. The van der Waals surface area contributed by atoms with Gasteiger partial charge in [0, 0.05) is 20.3 Å². The first kappa shape index (κ1) is 9.45. The van der Waals surface area contributed by atoms with E-state index in [0.717, 1.165) is 11.5 Å². The summed E-state index contributed by atoms with van der Waals surface area (Å²) in [6.45, 7) is 0. The average molecular weight is 204 g/mol. The number of nitrogens with one attached hydrogen (secondary N) is 2. The molecule has 0 aliphatic heterocycles. The minimum atomic E-state index is 0.690. The summed E-state index contributed by atoms with van der Waals surface area (Å²) < 4.78 is 1.72. The first-order valence-corrected chi connectivity index (χ1v) is 4.53. The molecule has 2 aromatic heterocycles. The van der Waals surface area contributed by atoms with Crippen LogP contribution in [0.15, 0.2) is 24.8 Å². The van der Waals surface area contributed by atoms with Crippen molar-refractivity contribution in [3.05, 3.63) is 24.8 Å². The fourth-order valence-corrected chi connectivity index (χ4v) is 1.18. The fraction of sp³-hybridized carbons (Fsp3) is 0.222. The van der Waals surface area contributed by atoms with Crippen molar-refractivity contribution >= 4 is 17.3 Å². The number of aromatic nitrogens is 4. The summed E-state index contributed by atoms with van der Waals surface area (Å²) in [4.78, 5) is 8.32. The van der Waals surface area contributed by atoms with Crippen LogP contribution < -0.4 is 10.6 Å². The monoisotopic (exact) mass is 204 g/mol. The maximum atomic E-state index is 4.27.